The predicted octanol–water partition coefficient (Wildman–Crippen LogP) is 6.28. The number of hydrogen-bond acceptors (Lipinski definition) is 2. The Morgan fingerprint density at radius 1 is 0.536 bits per heavy atom. The number of amides is 4. The normalized spacial score (nSPS) is 10.1. The van der Waals surface area contributed by atoms with Gasteiger partial charge in [-0.1, -0.05) is 29.3 Å². The van der Waals surface area contributed by atoms with Crippen LogP contribution in [0.15, 0.2) is 72.8 Å². The highest BCUT2D eigenvalue weighted by molar-refractivity contribution is 6.31. The minimum absolute atomic E-state index is 0.412. The van der Waals surface area contributed by atoms with E-state index in [4.69, 9.17) is 23.2 Å². The van der Waals surface area contributed by atoms with Crippen molar-refractivity contribution in [1.82, 2.24) is 0 Å². The van der Waals surface area contributed by atoms with E-state index in [-0.39, 0.29) is 0 Å². The first-order valence-corrected chi connectivity index (χ1v) is 9.01. The van der Waals surface area contributed by atoms with Crippen LogP contribution in [0.4, 0.5) is 32.3 Å². The summed E-state index contributed by atoms with van der Waals surface area (Å²) < 4.78 is 0. The summed E-state index contributed by atoms with van der Waals surface area (Å²) >= 11 is 11.6. The molecular formula is C20H16Cl2N4O2. The number of benzene rings is 3. The quantitative estimate of drug-likeness (QED) is 0.404. The molecule has 0 fully saturated rings. The molecule has 142 valence electrons. The van der Waals surface area contributed by atoms with Crippen LogP contribution in [-0.2, 0) is 0 Å². The van der Waals surface area contributed by atoms with Gasteiger partial charge < -0.3 is 21.3 Å². The lowest BCUT2D eigenvalue weighted by molar-refractivity contribution is 0.261. The molecule has 0 aliphatic heterocycles. The topological polar surface area (TPSA) is 82.3 Å². The number of carbonyl (C=O) groups is 2. The summed E-state index contributed by atoms with van der Waals surface area (Å²) in [6, 6.07) is 19.5. The fraction of sp³-hybridized carbons (Fsp3) is 0. The van der Waals surface area contributed by atoms with E-state index in [1.807, 2.05) is 0 Å². The summed E-state index contributed by atoms with van der Waals surface area (Å²) in [6.07, 6.45) is 0. The highest BCUT2D eigenvalue weighted by Gasteiger charge is 2.06. The van der Waals surface area contributed by atoms with Gasteiger partial charge in [0.2, 0.25) is 0 Å². The van der Waals surface area contributed by atoms with E-state index >= 15 is 0 Å². The maximum atomic E-state index is 12.1. The zero-order chi connectivity index (χ0) is 19.9. The molecule has 0 radical (unpaired) electrons. The van der Waals surface area contributed by atoms with Crippen molar-refractivity contribution in [2.45, 2.75) is 0 Å². The molecule has 0 atom stereocenters. The monoisotopic (exact) mass is 414 g/mol. The molecule has 0 heterocycles. The van der Waals surface area contributed by atoms with Gasteiger partial charge in [-0.05, 0) is 66.7 Å². The standard InChI is InChI=1S/C20H16Cl2N4O2/c21-13-4-8-15(9-5-13)23-19(27)25-17-2-1-3-18(12-17)26-20(28)24-16-10-6-14(22)7-11-16/h1-12H,(H2,23,25,27)(H2,24,26,28). The van der Waals surface area contributed by atoms with Gasteiger partial charge in [0, 0.05) is 32.8 Å². The molecule has 6 nitrogen and oxygen atoms in total. The molecule has 8 heteroatoms. The van der Waals surface area contributed by atoms with Crippen molar-refractivity contribution >= 4 is 58.0 Å². The molecule has 3 aromatic carbocycles. The van der Waals surface area contributed by atoms with Crippen LogP contribution in [0, 0.1) is 0 Å². The van der Waals surface area contributed by atoms with Crippen molar-refractivity contribution in [1.29, 1.82) is 0 Å². The van der Waals surface area contributed by atoms with Gasteiger partial charge in [0.25, 0.3) is 0 Å². The molecule has 0 spiro atoms. The Balaban J connectivity index is 1.57. The highest BCUT2D eigenvalue weighted by Crippen LogP contribution is 2.18. The van der Waals surface area contributed by atoms with Crippen molar-refractivity contribution in [3.8, 4) is 0 Å². The van der Waals surface area contributed by atoms with Crippen molar-refractivity contribution in [3.63, 3.8) is 0 Å². The number of urea groups is 2. The van der Waals surface area contributed by atoms with Gasteiger partial charge in [0.05, 0.1) is 0 Å². The highest BCUT2D eigenvalue weighted by atomic mass is 35.5. The molecule has 0 bridgehead atoms. The lowest BCUT2D eigenvalue weighted by Crippen LogP contribution is -2.21. The Bertz CT molecular complexity index is 900. The van der Waals surface area contributed by atoms with Gasteiger partial charge in [0.15, 0.2) is 0 Å². The molecule has 0 aliphatic rings. The minimum atomic E-state index is -0.412. The molecule has 3 rings (SSSR count). The zero-order valence-corrected chi connectivity index (χ0v) is 16.0. The summed E-state index contributed by atoms with van der Waals surface area (Å²) in [5.74, 6) is 0. The van der Waals surface area contributed by atoms with E-state index in [2.05, 4.69) is 21.3 Å². The third-order valence-corrected chi connectivity index (χ3v) is 4.09. The zero-order valence-electron chi connectivity index (χ0n) is 14.5. The molecule has 0 unspecified atom stereocenters. The van der Waals surface area contributed by atoms with E-state index in [9.17, 15) is 9.59 Å². The summed E-state index contributed by atoms with van der Waals surface area (Å²) in [6.45, 7) is 0. The maximum absolute atomic E-state index is 12.1. The van der Waals surface area contributed by atoms with Crippen molar-refractivity contribution in [3.05, 3.63) is 82.8 Å². The van der Waals surface area contributed by atoms with Crippen molar-refractivity contribution < 1.29 is 9.59 Å². The molecule has 28 heavy (non-hydrogen) atoms. The summed E-state index contributed by atoms with van der Waals surface area (Å²) in [4.78, 5) is 24.2. The second-order valence-electron chi connectivity index (χ2n) is 5.75. The molecule has 0 aliphatic carbocycles. The van der Waals surface area contributed by atoms with Crippen LogP contribution in [0.5, 0.6) is 0 Å². The largest absolute Gasteiger partial charge is 0.323 e. The lowest BCUT2D eigenvalue weighted by atomic mass is 10.2. The first kappa shape index (κ1) is 19.5. The Kier molecular flexibility index (Phi) is 6.37. The Labute approximate surface area is 171 Å². The van der Waals surface area contributed by atoms with E-state index < -0.39 is 12.1 Å². The smallest absolute Gasteiger partial charge is 0.308 e. The second kappa shape index (κ2) is 9.12. The third-order valence-electron chi connectivity index (χ3n) is 3.58. The van der Waals surface area contributed by atoms with Gasteiger partial charge >= 0.3 is 12.1 Å². The maximum Gasteiger partial charge on any atom is 0.323 e. The van der Waals surface area contributed by atoms with Crippen LogP contribution in [0.3, 0.4) is 0 Å². The number of hydrogen-bond donors (Lipinski definition) is 4. The molecular weight excluding hydrogens is 399 g/mol. The van der Waals surface area contributed by atoms with Crippen LogP contribution in [0.2, 0.25) is 10.0 Å². The average Bonchev–Trinajstić information content (AvgIpc) is 2.66. The molecule has 4 amide bonds. The van der Waals surface area contributed by atoms with Crippen molar-refractivity contribution in [2.24, 2.45) is 0 Å². The van der Waals surface area contributed by atoms with Crippen LogP contribution < -0.4 is 21.3 Å². The van der Waals surface area contributed by atoms with Crippen molar-refractivity contribution in [2.75, 3.05) is 21.3 Å². The van der Waals surface area contributed by atoms with Crippen LogP contribution >= 0.6 is 23.2 Å². The van der Waals surface area contributed by atoms with Gasteiger partial charge in [-0.15, -0.1) is 0 Å². The number of rotatable bonds is 4. The SMILES string of the molecule is O=C(Nc1ccc(Cl)cc1)Nc1cccc(NC(=O)Nc2ccc(Cl)cc2)c1. The van der Waals surface area contributed by atoms with Crippen LogP contribution in [0.25, 0.3) is 0 Å². The first-order valence-electron chi connectivity index (χ1n) is 8.25. The number of nitrogens with one attached hydrogen (secondary N) is 4. The summed E-state index contributed by atoms with van der Waals surface area (Å²) in [7, 11) is 0. The fourth-order valence-electron chi connectivity index (χ4n) is 2.33. The van der Waals surface area contributed by atoms with Gasteiger partial charge in [-0.2, -0.15) is 0 Å². The molecule has 0 aromatic heterocycles. The lowest BCUT2D eigenvalue weighted by Gasteiger charge is -2.11. The molecule has 3 aromatic rings. The van der Waals surface area contributed by atoms with Gasteiger partial charge in [-0.3, -0.25) is 0 Å². The van der Waals surface area contributed by atoms with E-state index in [1.165, 1.54) is 0 Å². The Hall–Kier alpha value is -3.22. The molecule has 0 saturated heterocycles. The number of anilines is 4. The average molecular weight is 415 g/mol. The number of carbonyl (C=O) groups excluding carboxylic acids is 2. The van der Waals surface area contributed by atoms with E-state index in [0.717, 1.165) is 0 Å². The molecule has 0 saturated carbocycles. The summed E-state index contributed by atoms with van der Waals surface area (Å²) in [5.41, 5.74) is 2.27. The first-order chi connectivity index (χ1) is 13.5. The minimum Gasteiger partial charge on any atom is -0.308 e. The van der Waals surface area contributed by atoms with Gasteiger partial charge in [-0.25, -0.2) is 9.59 Å². The molecule has 4 N–H and O–H groups in total. The second-order valence-corrected chi connectivity index (χ2v) is 6.63. The van der Waals surface area contributed by atoms with E-state index in [1.54, 1.807) is 72.8 Å². The van der Waals surface area contributed by atoms with Gasteiger partial charge in [0.1, 0.15) is 0 Å². The third kappa shape index (κ3) is 5.90. The number of halogens is 2. The Morgan fingerprint density at radius 2 is 0.893 bits per heavy atom. The van der Waals surface area contributed by atoms with Crippen LogP contribution in [-0.4, -0.2) is 12.1 Å². The van der Waals surface area contributed by atoms with Crippen LogP contribution in [0.1, 0.15) is 0 Å². The Morgan fingerprint density at radius 3 is 1.29 bits per heavy atom. The fourth-order valence-corrected chi connectivity index (χ4v) is 2.58. The van der Waals surface area contributed by atoms with E-state index in [0.29, 0.717) is 32.8 Å². The summed E-state index contributed by atoms with van der Waals surface area (Å²) in [5, 5.41) is 12.0. The predicted molar refractivity (Wildman–Crippen MR) is 115 cm³/mol.